The first-order valence-electron chi connectivity index (χ1n) is 12.0. The summed E-state index contributed by atoms with van der Waals surface area (Å²) >= 11 is 1.68. The molecule has 0 spiro atoms. The second kappa shape index (κ2) is 9.46. The van der Waals surface area contributed by atoms with Crippen LogP contribution in [0.3, 0.4) is 0 Å². The molecular formula is C30H34N2O2S. The van der Waals surface area contributed by atoms with E-state index in [9.17, 15) is 4.79 Å². The highest BCUT2D eigenvalue weighted by atomic mass is 32.1. The van der Waals surface area contributed by atoms with Crippen LogP contribution in [0.4, 0.5) is 5.69 Å². The molecule has 1 heterocycles. The predicted octanol–water partition coefficient (Wildman–Crippen LogP) is 7.88. The quantitative estimate of drug-likeness (QED) is 0.312. The molecule has 5 heteroatoms. The summed E-state index contributed by atoms with van der Waals surface area (Å²) in [6, 6.07) is 20.4. The topological polar surface area (TPSA) is 51.2 Å². The van der Waals surface area contributed by atoms with Gasteiger partial charge in [0.1, 0.15) is 10.8 Å². The predicted molar refractivity (Wildman–Crippen MR) is 148 cm³/mol. The number of thiazole rings is 1. The van der Waals surface area contributed by atoms with E-state index in [2.05, 4.69) is 84.1 Å². The zero-order valence-corrected chi connectivity index (χ0v) is 22.5. The number of rotatable bonds is 5. The summed E-state index contributed by atoms with van der Waals surface area (Å²) in [5, 5.41) is 3.91. The number of aromatic nitrogens is 1. The number of amides is 1. The average Bonchev–Trinajstić information content (AvgIpc) is 3.20. The van der Waals surface area contributed by atoms with Gasteiger partial charge in [-0.3, -0.25) is 4.79 Å². The van der Waals surface area contributed by atoms with Crippen LogP contribution in [0.1, 0.15) is 58.2 Å². The third-order valence-electron chi connectivity index (χ3n) is 5.97. The van der Waals surface area contributed by atoms with Crippen molar-refractivity contribution in [3.8, 4) is 16.3 Å². The van der Waals surface area contributed by atoms with Crippen molar-refractivity contribution < 1.29 is 9.53 Å². The molecule has 0 saturated carbocycles. The molecule has 0 aliphatic heterocycles. The zero-order valence-electron chi connectivity index (χ0n) is 21.7. The standard InChI is InChI=1S/C30H34N2O2S/c1-19-8-14-24-26(16-19)35-28(32-24)20-9-12-22(13-10-20)31-27(33)18-34-25-15-11-21(29(2,3)4)17-23(25)30(5,6)7/h8-17H,18H2,1-7H3,(H,31,33). The minimum absolute atomic E-state index is 0.0447. The van der Waals surface area contributed by atoms with E-state index >= 15 is 0 Å². The lowest BCUT2D eigenvalue weighted by Crippen LogP contribution is -2.22. The fourth-order valence-corrected chi connectivity index (χ4v) is 4.97. The molecule has 0 fully saturated rings. The fraction of sp³-hybridized carbons (Fsp3) is 0.333. The summed E-state index contributed by atoms with van der Waals surface area (Å²) in [6.45, 7) is 15.1. The number of aryl methyl sites for hydroxylation is 1. The number of fused-ring (bicyclic) bond motifs is 1. The number of benzene rings is 3. The number of nitrogens with zero attached hydrogens (tertiary/aromatic N) is 1. The summed E-state index contributed by atoms with van der Waals surface area (Å²) in [4.78, 5) is 17.4. The highest BCUT2D eigenvalue weighted by molar-refractivity contribution is 7.21. The van der Waals surface area contributed by atoms with Crippen LogP contribution in [-0.4, -0.2) is 17.5 Å². The van der Waals surface area contributed by atoms with Crippen molar-refractivity contribution in [2.24, 2.45) is 0 Å². The van der Waals surface area contributed by atoms with Gasteiger partial charge in [0.2, 0.25) is 0 Å². The first kappa shape index (κ1) is 24.9. The maximum atomic E-state index is 12.6. The van der Waals surface area contributed by atoms with Crippen LogP contribution in [0, 0.1) is 6.92 Å². The summed E-state index contributed by atoms with van der Waals surface area (Å²) in [6.07, 6.45) is 0. The molecule has 0 atom stereocenters. The molecule has 4 rings (SSSR count). The average molecular weight is 487 g/mol. The van der Waals surface area contributed by atoms with Gasteiger partial charge in [0.25, 0.3) is 5.91 Å². The molecule has 4 aromatic rings. The van der Waals surface area contributed by atoms with Crippen molar-refractivity contribution in [3.63, 3.8) is 0 Å². The van der Waals surface area contributed by atoms with Crippen molar-refractivity contribution in [2.45, 2.75) is 59.3 Å². The van der Waals surface area contributed by atoms with Crippen molar-refractivity contribution in [1.29, 1.82) is 0 Å². The molecule has 0 aliphatic rings. The number of carbonyl (C=O) groups excluding carboxylic acids is 1. The van der Waals surface area contributed by atoms with E-state index in [4.69, 9.17) is 9.72 Å². The second-order valence-electron chi connectivity index (χ2n) is 11.1. The maximum absolute atomic E-state index is 12.6. The minimum Gasteiger partial charge on any atom is -0.483 e. The Labute approximate surface area is 212 Å². The maximum Gasteiger partial charge on any atom is 0.262 e. The van der Waals surface area contributed by atoms with Crippen LogP contribution in [0.25, 0.3) is 20.8 Å². The molecule has 4 nitrogen and oxygen atoms in total. The van der Waals surface area contributed by atoms with Crippen LogP contribution in [-0.2, 0) is 15.6 Å². The smallest absolute Gasteiger partial charge is 0.262 e. The second-order valence-corrected chi connectivity index (χ2v) is 12.1. The monoisotopic (exact) mass is 486 g/mol. The lowest BCUT2D eigenvalue weighted by Gasteiger charge is -2.27. The molecule has 0 aliphatic carbocycles. The Hall–Kier alpha value is -3.18. The number of nitrogens with one attached hydrogen (secondary N) is 1. The van der Waals surface area contributed by atoms with Crippen LogP contribution in [0.2, 0.25) is 0 Å². The number of carbonyl (C=O) groups is 1. The molecule has 1 amide bonds. The fourth-order valence-electron chi connectivity index (χ4n) is 3.90. The van der Waals surface area contributed by atoms with Crippen LogP contribution < -0.4 is 10.1 Å². The van der Waals surface area contributed by atoms with Gasteiger partial charge >= 0.3 is 0 Å². The Kier molecular flexibility index (Phi) is 6.74. The molecule has 0 unspecified atom stereocenters. The summed E-state index contributed by atoms with van der Waals surface area (Å²) < 4.78 is 7.16. The lowest BCUT2D eigenvalue weighted by molar-refractivity contribution is -0.118. The lowest BCUT2D eigenvalue weighted by atomic mass is 9.80. The van der Waals surface area contributed by atoms with Gasteiger partial charge in [-0.25, -0.2) is 4.98 Å². The molecule has 1 aromatic heterocycles. The van der Waals surface area contributed by atoms with Gasteiger partial charge in [-0.15, -0.1) is 11.3 Å². The molecular weight excluding hydrogens is 452 g/mol. The normalized spacial score (nSPS) is 12.1. The Balaban J connectivity index is 1.42. The summed E-state index contributed by atoms with van der Waals surface area (Å²) in [7, 11) is 0. The van der Waals surface area contributed by atoms with E-state index in [-0.39, 0.29) is 23.3 Å². The third-order valence-corrected chi connectivity index (χ3v) is 7.04. The van der Waals surface area contributed by atoms with Gasteiger partial charge in [0.15, 0.2) is 6.61 Å². The summed E-state index contributed by atoms with van der Waals surface area (Å²) in [5.41, 5.74) is 6.32. The van der Waals surface area contributed by atoms with Crippen LogP contribution in [0.15, 0.2) is 60.7 Å². The molecule has 182 valence electrons. The van der Waals surface area contributed by atoms with Crippen molar-refractivity contribution in [1.82, 2.24) is 4.98 Å². The number of ether oxygens (including phenoxy) is 1. The van der Waals surface area contributed by atoms with E-state index < -0.39 is 0 Å². The Morgan fingerprint density at radius 1 is 0.914 bits per heavy atom. The molecule has 3 aromatic carbocycles. The molecule has 1 N–H and O–H groups in total. The number of anilines is 1. The number of hydrogen-bond acceptors (Lipinski definition) is 4. The Morgan fingerprint density at radius 2 is 1.63 bits per heavy atom. The zero-order chi connectivity index (χ0) is 25.4. The minimum atomic E-state index is -0.187. The van der Waals surface area contributed by atoms with Gasteiger partial charge in [0.05, 0.1) is 10.2 Å². The first-order chi connectivity index (χ1) is 16.4. The molecule has 0 saturated heterocycles. The van der Waals surface area contributed by atoms with Gasteiger partial charge in [-0.05, 0) is 76.9 Å². The SMILES string of the molecule is Cc1ccc2nc(-c3ccc(NC(=O)COc4ccc(C(C)(C)C)cc4C(C)(C)C)cc3)sc2c1. The molecule has 0 radical (unpaired) electrons. The first-order valence-corrected chi connectivity index (χ1v) is 12.8. The van der Waals surface area contributed by atoms with E-state index in [1.165, 1.54) is 15.8 Å². The van der Waals surface area contributed by atoms with Crippen LogP contribution in [0.5, 0.6) is 5.75 Å². The third kappa shape index (κ3) is 5.91. The van der Waals surface area contributed by atoms with E-state index in [1.54, 1.807) is 11.3 Å². The van der Waals surface area contributed by atoms with E-state index in [0.717, 1.165) is 33.1 Å². The van der Waals surface area contributed by atoms with Crippen molar-refractivity contribution in [3.05, 3.63) is 77.4 Å². The van der Waals surface area contributed by atoms with Crippen molar-refractivity contribution >= 4 is 33.1 Å². The van der Waals surface area contributed by atoms with E-state index in [1.807, 2.05) is 30.3 Å². The highest BCUT2D eigenvalue weighted by Crippen LogP contribution is 2.35. The van der Waals surface area contributed by atoms with E-state index in [0.29, 0.717) is 0 Å². The largest absolute Gasteiger partial charge is 0.483 e. The van der Waals surface area contributed by atoms with Crippen LogP contribution >= 0.6 is 11.3 Å². The van der Waals surface area contributed by atoms with Gasteiger partial charge in [0, 0.05) is 11.3 Å². The number of hydrogen-bond donors (Lipinski definition) is 1. The molecule has 0 bridgehead atoms. The summed E-state index contributed by atoms with van der Waals surface area (Å²) in [5.74, 6) is 0.565. The van der Waals surface area contributed by atoms with Gasteiger partial charge in [-0.2, -0.15) is 0 Å². The Bertz CT molecular complexity index is 1360. The highest BCUT2D eigenvalue weighted by Gasteiger charge is 2.23. The van der Waals surface area contributed by atoms with Gasteiger partial charge in [-0.1, -0.05) is 59.7 Å². The van der Waals surface area contributed by atoms with Crippen molar-refractivity contribution in [2.75, 3.05) is 11.9 Å². The molecule has 35 heavy (non-hydrogen) atoms. The Morgan fingerprint density at radius 3 is 2.29 bits per heavy atom. The van der Waals surface area contributed by atoms with Gasteiger partial charge < -0.3 is 10.1 Å².